The van der Waals surface area contributed by atoms with Crippen LogP contribution in [0.5, 0.6) is 0 Å². The van der Waals surface area contributed by atoms with Gasteiger partial charge in [-0.05, 0) is 49.2 Å². The summed E-state index contributed by atoms with van der Waals surface area (Å²) in [4.78, 5) is 0. The summed E-state index contributed by atoms with van der Waals surface area (Å²) in [7, 11) is 0. The first-order chi connectivity index (χ1) is 12.6. The van der Waals surface area contributed by atoms with Crippen LogP contribution >= 0.6 is 34.8 Å². The van der Waals surface area contributed by atoms with Gasteiger partial charge in [-0.3, -0.25) is 0 Å². The number of hydrogen-bond acceptors (Lipinski definition) is 2. The Labute approximate surface area is 167 Å². The van der Waals surface area contributed by atoms with Crippen LogP contribution in [0.2, 0.25) is 15.1 Å². The molecule has 1 aromatic heterocycles. The van der Waals surface area contributed by atoms with Crippen molar-refractivity contribution < 1.29 is 4.74 Å². The molecule has 0 saturated carbocycles. The highest BCUT2D eigenvalue weighted by Gasteiger charge is 2.22. The maximum absolute atomic E-state index is 6.46. The standard InChI is InChI=1S/C20H17Cl3N2O/c21-15-3-1-14(2-4-15)20-12-18(13-7-9-26-10-8-13)24-25(20)19-6-5-16(22)11-17(19)23/h1-6,11-13H,7-10H2. The van der Waals surface area contributed by atoms with Crippen LogP contribution in [0.15, 0.2) is 48.5 Å². The molecule has 2 aromatic carbocycles. The van der Waals surface area contributed by atoms with Gasteiger partial charge in [0, 0.05) is 34.7 Å². The van der Waals surface area contributed by atoms with Gasteiger partial charge in [0.2, 0.25) is 0 Å². The number of hydrogen-bond donors (Lipinski definition) is 0. The zero-order chi connectivity index (χ0) is 18.1. The summed E-state index contributed by atoms with van der Waals surface area (Å²) in [6, 6.07) is 15.3. The van der Waals surface area contributed by atoms with Crippen molar-refractivity contribution in [1.29, 1.82) is 0 Å². The zero-order valence-electron chi connectivity index (χ0n) is 14.0. The Hall–Kier alpha value is -1.52. The lowest BCUT2D eigenvalue weighted by Crippen LogP contribution is -2.14. The fourth-order valence-corrected chi connectivity index (χ4v) is 3.87. The quantitative estimate of drug-likeness (QED) is 0.502. The average molecular weight is 408 g/mol. The van der Waals surface area contributed by atoms with Gasteiger partial charge in [-0.25, -0.2) is 4.68 Å². The summed E-state index contributed by atoms with van der Waals surface area (Å²) in [5.74, 6) is 0.391. The fraction of sp³-hybridized carbons (Fsp3) is 0.250. The predicted molar refractivity (Wildman–Crippen MR) is 107 cm³/mol. The third-order valence-electron chi connectivity index (χ3n) is 4.65. The SMILES string of the molecule is Clc1ccc(-c2cc(C3CCOCC3)nn2-c2ccc(Cl)cc2Cl)cc1. The van der Waals surface area contributed by atoms with Gasteiger partial charge in [-0.1, -0.05) is 46.9 Å². The highest BCUT2D eigenvalue weighted by Crippen LogP contribution is 2.34. The van der Waals surface area contributed by atoms with E-state index in [-0.39, 0.29) is 0 Å². The lowest BCUT2D eigenvalue weighted by molar-refractivity contribution is 0.0844. The molecule has 2 heterocycles. The summed E-state index contributed by atoms with van der Waals surface area (Å²) >= 11 is 18.6. The third kappa shape index (κ3) is 3.63. The van der Waals surface area contributed by atoms with Crippen LogP contribution in [0, 0.1) is 0 Å². The summed E-state index contributed by atoms with van der Waals surface area (Å²) in [5, 5.41) is 6.76. The average Bonchev–Trinajstić information content (AvgIpc) is 3.08. The van der Waals surface area contributed by atoms with Gasteiger partial charge in [0.25, 0.3) is 0 Å². The zero-order valence-corrected chi connectivity index (χ0v) is 16.2. The van der Waals surface area contributed by atoms with E-state index in [1.54, 1.807) is 6.07 Å². The van der Waals surface area contributed by atoms with E-state index in [0.29, 0.717) is 21.0 Å². The number of nitrogens with zero attached hydrogens (tertiary/aromatic N) is 2. The number of aromatic nitrogens is 2. The molecule has 0 atom stereocenters. The third-order valence-corrected chi connectivity index (χ3v) is 5.44. The highest BCUT2D eigenvalue weighted by molar-refractivity contribution is 6.35. The van der Waals surface area contributed by atoms with Crippen molar-refractivity contribution in [2.75, 3.05) is 13.2 Å². The van der Waals surface area contributed by atoms with Crippen molar-refractivity contribution in [3.05, 3.63) is 69.3 Å². The van der Waals surface area contributed by atoms with E-state index < -0.39 is 0 Å². The van der Waals surface area contributed by atoms with Gasteiger partial charge < -0.3 is 4.74 Å². The molecule has 26 heavy (non-hydrogen) atoms. The molecule has 4 rings (SSSR count). The smallest absolute Gasteiger partial charge is 0.0840 e. The molecule has 3 nitrogen and oxygen atoms in total. The second-order valence-corrected chi connectivity index (χ2v) is 7.64. The first kappa shape index (κ1) is 17.9. The molecular formula is C20H17Cl3N2O. The summed E-state index contributed by atoms with van der Waals surface area (Å²) in [6.45, 7) is 1.55. The highest BCUT2D eigenvalue weighted by atomic mass is 35.5. The second kappa shape index (κ2) is 7.61. The Morgan fingerprint density at radius 1 is 0.885 bits per heavy atom. The molecule has 3 aromatic rings. The molecule has 6 heteroatoms. The van der Waals surface area contributed by atoms with Crippen LogP contribution in [0.25, 0.3) is 16.9 Å². The second-order valence-electron chi connectivity index (χ2n) is 6.36. The minimum atomic E-state index is 0.391. The van der Waals surface area contributed by atoms with Gasteiger partial charge >= 0.3 is 0 Å². The van der Waals surface area contributed by atoms with Crippen molar-refractivity contribution >= 4 is 34.8 Å². The number of ether oxygens (including phenoxy) is 1. The Morgan fingerprint density at radius 2 is 1.58 bits per heavy atom. The Balaban J connectivity index is 1.84. The van der Waals surface area contributed by atoms with Crippen molar-refractivity contribution in [2.45, 2.75) is 18.8 Å². The molecule has 0 bridgehead atoms. The van der Waals surface area contributed by atoms with Gasteiger partial charge in [0.15, 0.2) is 0 Å². The van der Waals surface area contributed by atoms with E-state index in [1.807, 2.05) is 41.1 Å². The molecule has 0 amide bonds. The minimum Gasteiger partial charge on any atom is -0.381 e. The maximum atomic E-state index is 6.46. The normalized spacial score (nSPS) is 15.3. The first-order valence-electron chi connectivity index (χ1n) is 8.51. The molecule has 1 saturated heterocycles. The van der Waals surface area contributed by atoms with Crippen LogP contribution in [-0.2, 0) is 4.74 Å². The Bertz CT molecular complexity index is 915. The summed E-state index contributed by atoms with van der Waals surface area (Å²) < 4.78 is 7.38. The number of benzene rings is 2. The first-order valence-corrected chi connectivity index (χ1v) is 9.64. The van der Waals surface area contributed by atoms with Gasteiger partial charge in [-0.15, -0.1) is 0 Å². The maximum Gasteiger partial charge on any atom is 0.0840 e. The van der Waals surface area contributed by atoms with Crippen molar-refractivity contribution in [2.24, 2.45) is 0 Å². The molecule has 1 aliphatic rings. The molecule has 134 valence electrons. The van der Waals surface area contributed by atoms with E-state index >= 15 is 0 Å². The predicted octanol–water partition coefficient (Wildman–Crippen LogP) is 6.39. The largest absolute Gasteiger partial charge is 0.381 e. The van der Waals surface area contributed by atoms with Gasteiger partial charge in [0.1, 0.15) is 0 Å². The molecule has 0 N–H and O–H groups in total. The van der Waals surface area contributed by atoms with Crippen LogP contribution in [-0.4, -0.2) is 23.0 Å². The topological polar surface area (TPSA) is 27.1 Å². The number of rotatable bonds is 3. The van der Waals surface area contributed by atoms with Crippen LogP contribution in [0.3, 0.4) is 0 Å². The lowest BCUT2D eigenvalue weighted by atomic mass is 9.96. The molecule has 0 aliphatic carbocycles. The summed E-state index contributed by atoms with van der Waals surface area (Å²) in [5.41, 5.74) is 3.88. The van der Waals surface area contributed by atoms with E-state index in [0.717, 1.165) is 48.7 Å². The number of halogens is 3. The molecule has 0 spiro atoms. The van der Waals surface area contributed by atoms with Gasteiger partial charge in [-0.2, -0.15) is 5.10 Å². The Kier molecular flexibility index (Phi) is 5.23. The lowest BCUT2D eigenvalue weighted by Gasteiger charge is -2.19. The molecule has 1 aliphatic heterocycles. The van der Waals surface area contributed by atoms with E-state index in [9.17, 15) is 0 Å². The Morgan fingerprint density at radius 3 is 2.27 bits per heavy atom. The minimum absolute atomic E-state index is 0.391. The van der Waals surface area contributed by atoms with Crippen LogP contribution in [0.1, 0.15) is 24.5 Å². The van der Waals surface area contributed by atoms with Crippen LogP contribution < -0.4 is 0 Å². The van der Waals surface area contributed by atoms with Crippen molar-refractivity contribution in [3.63, 3.8) is 0 Å². The monoisotopic (exact) mass is 406 g/mol. The van der Waals surface area contributed by atoms with Crippen LogP contribution in [0.4, 0.5) is 0 Å². The van der Waals surface area contributed by atoms with E-state index in [1.165, 1.54) is 0 Å². The van der Waals surface area contributed by atoms with Gasteiger partial charge in [0.05, 0.1) is 22.1 Å². The van der Waals surface area contributed by atoms with Crippen molar-refractivity contribution in [1.82, 2.24) is 9.78 Å². The van der Waals surface area contributed by atoms with E-state index in [2.05, 4.69) is 6.07 Å². The molecule has 1 fully saturated rings. The molecular weight excluding hydrogens is 391 g/mol. The molecule has 0 radical (unpaired) electrons. The van der Waals surface area contributed by atoms with Crippen molar-refractivity contribution in [3.8, 4) is 16.9 Å². The molecule has 0 unspecified atom stereocenters. The fourth-order valence-electron chi connectivity index (χ4n) is 3.26. The summed E-state index contributed by atoms with van der Waals surface area (Å²) in [6.07, 6.45) is 1.96. The van der Waals surface area contributed by atoms with E-state index in [4.69, 9.17) is 44.6 Å².